The minimum absolute atomic E-state index is 0.0347. The van der Waals surface area contributed by atoms with E-state index < -0.39 is 0 Å². The standard InChI is InChI=1S/C22H36O/c1-5-15-13-19-17-7-6-16-12-14(2)8-10-21(16,3)18(17)9-11-22(19,4)20(15)23/h14-19H,5-13H2,1-4H3/t14?,15?,16?,17-,18-,19+,21+,22+/m1/s1. The van der Waals surface area contributed by atoms with Gasteiger partial charge in [0.15, 0.2) is 0 Å². The molecule has 0 radical (unpaired) electrons. The van der Waals surface area contributed by atoms with Crippen molar-refractivity contribution < 1.29 is 4.79 Å². The Hall–Kier alpha value is -0.330. The Morgan fingerprint density at radius 3 is 2.52 bits per heavy atom. The third-order valence-electron chi connectivity index (χ3n) is 9.28. The molecule has 0 aromatic rings. The third-order valence-corrected chi connectivity index (χ3v) is 9.28. The predicted octanol–water partition coefficient (Wildman–Crippen LogP) is 5.87. The van der Waals surface area contributed by atoms with Gasteiger partial charge in [0.2, 0.25) is 0 Å². The summed E-state index contributed by atoms with van der Waals surface area (Å²) in [5.74, 6) is 5.38. The molecule has 0 aromatic heterocycles. The topological polar surface area (TPSA) is 17.1 Å². The fourth-order valence-corrected chi connectivity index (χ4v) is 7.77. The van der Waals surface area contributed by atoms with Crippen molar-refractivity contribution in [2.75, 3.05) is 0 Å². The molecule has 0 bridgehead atoms. The lowest BCUT2D eigenvalue weighted by molar-refractivity contribution is -0.141. The first kappa shape index (κ1) is 16.2. The maximum atomic E-state index is 13.0. The van der Waals surface area contributed by atoms with Gasteiger partial charge in [-0.2, -0.15) is 0 Å². The van der Waals surface area contributed by atoms with Gasteiger partial charge in [-0.05, 0) is 86.4 Å². The maximum absolute atomic E-state index is 13.0. The van der Waals surface area contributed by atoms with Gasteiger partial charge in [0.05, 0.1) is 0 Å². The molecule has 8 atom stereocenters. The summed E-state index contributed by atoms with van der Waals surface area (Å²) in [6.07, 6.45) is 12.0. The van der Waals surface area contributed by atoms with E-state index in [0.717, 1.165) is 30.1 Å². The quantitative estimate of drug-likeness (QED) is 0.591. The molecule has 0 saturated heterocycles. The van der Waals surface area contributed by atoms with Crippen LogP contribution < -0.4 is 0 Å². The summed E-state index contributed by atoms with van der Waals surface area (Å²) in [6.45, 7) is 9.66. The van der Waals surface area contributed by atoms with Crippen LogP contribution in [-0.4, -0.2) is 5.78 Å². The number of rotatable bonds is 1. The number of carbonyl (C=O) groups excluding carboxylic acids is 1. The average molecular weight is 317 g/mol. The van der Waals surface area contributed by atoms with Crippen LogP contribution in [-0.2, 0) is 4.79 Å². The SMILES string of the molecule is CCC1C[C@H]2[C@@H]3CCC4CC(C)CC[C@]4(C)[C@@H]3CC[C@]2(C)C1=O. The van der Waals surface area contributed by atoms with E-state index in [1.807, 2.05) is 0 Å². The highest BCUT2D eigenvalue weighted by Gasteiger charge is 2.61. The van der Waals surface area contributed by atoms with Gasteiger partial charge in [-0.1, -0.05) is 34.1 Å². The molecule has 0 N–H and O–H groups in total. The van der Waals surface area contributed by atoms with E-state index in [0.29, 0.717) is 23.0 Å². The summed E-state index contributed by atoms with van der Waals surface area (Å²) in [6, 6.07) is 0. The second-order valence-electron chi connectivity index (χ2n) is 10.2. The van der Waals surface area contributed by atoms with Crippen LogP contribution in [0.25, 0.3) is 0 Å². The molecule has 4 aliphatic carbocycles. The van der Waals surface area contributed by atoms with Gasteiger partial charge < -0.3 is 0 Å². The highest BCUT2D eigenvalue weighted by Crippen LogP contribution is 2.66. The van der Waals surface area contributed by atoms with Gasteiger partial charge in [0.1, 0.15) is 5.78 Å². The maximum Gasteiger partial charge on any atom is 0.142 e. The molecule has 0 spiro atoms. The molecule has 0 heterocycles. The molecule has 4 rings (SSSR count). The zero-order valence-electron chi connectivity index (χ0n) is 15.7. The Balaban J connectivity index is 1.63. The number of fused-ring (bicyclic) bond motifs is 5. The van der Waals surface area contributed by atoms with E-state index in [4.69, 9.17) is 0 Å². The largest absolute Gasteiger partial charge is 0.299 e. The van der Waals surface area contributed by atoms with Gasteiger partial charge >= 0.3 is 0 Å². The molecule has 3 unspecified atom stereocenters. The molecule has 0 amide bonds. The van der Waals surface area contributed by atoms with Crippen molar-refractivity contribution in [1.29, 1.82) is 0 Å². The fourth-order valence-electron chi connectivity index (χ4n) is 7.77. The van der Waals surface area contributed by atoms with Crippen molar-refractivity contribution >= 4 is 5.78 Å². The first-order valence-electron chi connectivity index (χ1n) is 10.4. The Morgan fingerprint density at radius 2 is 1.78 bits per heavy atom. The Morgan fingerprint density at radius 1 is 1.00 bits per heavy atom. The molecular weight excluding hydrogens is 280 g/mol. The zero-order valence-corrected chi connectivity index (χ0v) is 15.7. The van der Waals surface area contributed by atoms with E-state index >= 15 is 0 Å². The normalized spacial score (nSPS) is 55.9. The van der Waals surface area contributed by atoms with Crippen LogP contribution >= 0.6 is 0 Å². The lowest BCUT2D eigenvalue weighted by atomic mass is 9.45. The van der Waals surface area contributed by atoms with Crippen LogP contribution in [0.4, 0.5) is 0 Å². The third kappa shape index (κ3) is 2.13. The number of carbonyl (C=O) groups is 1. The number of ketones is 1. The number of hydrogen-bond acceptors (Lipinski definition) is 1. The van der Waals surface area contributed by atoms with Gasteiger partial charge in [-0.25, -0.2) is 0 Å². The van der Waals surface area contributed by atoms with Crippen molar-refractivity contribution in [1.82, 2.24) is 0 Å². The molecule has 0 aliphatic heterocycles. The van der Waals surface area contributed by atoms with Crippen LogP contribution in [0.5, 0.6) is 0 Å². The molecule has 4 fully saturated rings. The summed E-state index contributed by atoms with van der Waals surface area (Å²) < 4.78 is 0. The van der Waals surface area contributed by atoms with Crippen molar-refractivity contribution in [3.8, 4) is 0 Å². The molecular formula is C22H36O. The van der Waals surface area contributed by atoms with Gasteiger partial charge in [-0.3, -0.25) is 4.79 Å². The van der Waals surface area contributed by atoms with Crippen LogP contribution in [0.15, 0.2) is 0 Å². The Labute approximate surface area is 143 Å². The zero-order chi connectivity index (χ0) is 16.4. The van der Waals surface area contributed by atoms with Crippen molar-refractivity contribution in [3.63, 3.8) is 0 Å². The summed E-state index contributed by atoms with van der Waals surface area (Å²) in [5, 5.41) is 0. The first-order valence-corrected chi connectivity index (χ1v) is 10.4. The van der Waals surface area contributed by atoms with E-state index in [1.54, 1.807) is 0 Å². The Bertz CT molecular complexity index is 496. The van der Waals surface area contributed by atoms with E-state index in [1.165, 1.54) is 51.4 Å². The van der Waals surface area contributed by atoms with E-state index in [2.05, 4.69) is 27.7 Å². The van der Waals surface area contributed by atoms with Crippen LogP contribution in [0.1, 0.15) is 85.5 Å². The monoisotopic (exact) mass is 316 g/mol. The molecule has 4 aliphatic rings. The van der Waals surface area contributed by atoms with Crippen molar-refractivity contribution in [2.45, 2.75) is 85.5 Å². The summed E-state index contributed by atoms with van der Waals surface area (Å²) in [7, 11) is 0. The summed E-state index contributed by atoms with van der Waals surface area (Å²) in [4.78, 5) is 13.0. The molecule has 23 heavy (non-hydrogen) atoms. The molecule has 1 heteroatoms. The predicted molar refractivity (Wildman–Crippen MR) is 95.1 cm³/mol. The van der Waals surface area contributed by atoms with Crippen molar-refractivity contribution in [2.24, 2.45) is 46.3 Å². The Kier molecular flexibility index (Phi) is 3.75. The van der Waals surface area contributed by atoms with Crippen LogP contribution in [0.2, 0.25) is 0 Å². The molecule has 130 valence electrons. The van der Waals surface area contributed by atoms with Crippen molar-refractivity contribution in [3.05, 3.63) is 0 Å². The minimum atomic E-state index is 0.0347. The lowest BCUT2D eigenvalue weighted by Gasteiger charge is -2.60. The summed E-state index contributed by atoms with van der Waals surface area (Å²) in [5.41, 5.74) is 0.622. The van der Waals surface area contributed by atoms with Gasteiger partial charge in [-0.15, -0.1) is 0 Å². The first-order chi connectivity index (χ1) is 10.9. The van der Waals surface area contributed by atoms with Gasteiger partial charge in [0.25, 0.3) is 0 Å². The smallest absolute Gasteiger partial charge is 0.142 e. The highest BCUT2D eigenvalue weighted by molar-refractivity contribution is 5.89. The highest BCUT2D eigenvalue weighted by atomic mass is 16.1. The summed E-state index contributed by atoms with van der Waals surface area (Å²) >= 11 is 0. The van der Waals surface area contributed by atoms with E-state index in [-0.39, 0.29) is 5.41 Å². The fraction of sp³-hybridized carbons (Fsp3) is 0.955. The molecule has 4 saturated carbocycles. The number of Topliss-reactive ketones (excluding diaryl/α,β-unsaturated/α-hetero) is 1. The molecule has 0 aromatic carbocycles. The average Bonchev–Trinajstić information content (AvgIpc) is 2.79. The second-order valence-corrected chi connectivity index (χ2v) is 10.2. The lowest BCUT2D eigenvalue weighted by Crippen LogP contribution is -2.53. The number of hydrogen-bond donors (Lipinski definition) is 0. The van der Waals surface area contributed by atoms with E-state index in [9.17, 15) is 4.79 Å². The minimum Gasteiger partial charge on any atom is -0.299 e. The van der Waals surface area contributed by atoms with Crippen LogP contribution in [0, 0.1) is 46.3 Å². The molecule has 1 nitrogen and oxygen atoms in total. The van der Waals surface area contributed by atoms with Crippen LogP contribution in [0.3, 0.4) is 0 Å². The van der Waals surface area contributed by atoms with Gasteiger partial charge in [0, 0.05) is 11.3 Å². The second kappa shape index (κ2) is 5.33.